The Morgan fingerprint density at radius 3 is 2.36 bits per heavy atom. The van der Waals surface area contributed by atoms with E-state index in [4.69, 9.17) is 14.6 Å². The number of carbonyl (C=O) groups excluding carboxylic acids is 1. The molecular weight excluding hydrogens is 536 g/mol. The molecule has 4 unspecified atom stereocenters. The average molecular weight is 575 g/mol. The van der Waals surface area contributed by atoms with Gasteiger partial charge >= 0.3 is 5.97 Å². The lowest BCUT2D eigenvalue weighted by atomic mass is 9.97. The number of benzene rings is 3. The van der Waals surface area contributed by atoms with E-state index >= 15 is 0 Å². The first kappa shape index (κ1) is 29.9. The monoisotopic (exact) mass is 574 g/mol. The third-order valence-corrected chi connectivity index (χ3v) is 7.88. The molecule has 2 saturated heterocycles. The lowest BCUT2D eigenvalue weighted by Gasteiger charge is -2.38. The van der Waals surface area contributed by atoms with Gasteiger partial charge in [-0.15, -0.1) is 0 Å². The lowest BCUT2D eigenvalue weighted by Crippen LogP contribution is -2.38. The Morgan fingerprint density at radius 2 is 1.67 bits per heavy atom. The van der Waals surface area contributed by atoms with Gasteiger partial charge < -0.3 is 30.1 Å². The Kier molecular flexibility index (Phi) is 9.99. The number of nitrogens with zero attached hydrogens (tertiary/aromatic N) is 1. The number of aliphatic hydroxyl groups excluding tert-OH is 2. The number of ether oxygens (including phenoxy) is 2. The van der Waals surface area contributed by atoms with Gasteiger partial charge in [0.25, 0.3) is 0 Å². The van der Waals surface area contributed by atoms with Gasteiger partial charge in [0.2, 0.25) is 5.91 Å². The zero-order chi connectivity index (χ0) is 29.5. The third-order valence-electron chi connectivity index (χ3n) is 7.88. The van der Waals surface area contributed by atoms with Gasteiger partial charge in [-0.25, -0.2) is 0 Å². The van der Waals surface area contributed by atoms with Gasteiger partial charge in [0.05, 0.1) is 31.3 Å². The van der Waals surface area contributed by atoms with Crippen molar-refractivity contribution < 1.29 is 34.4 Å². The summed E-state index contributed by atoms with van der Waals surface area (Å²) in [4.78, 5) is 25.1. The second-order valence-electron chi connectivity index (χ2n) is 11.0. The zero-order valence-corrected chi connectivity index (χ0v) is 23.5. The smallest absolute Gasteiger partial charge is 0.303 e. The molecule has 4 N–H and O–H groups in total. The van der Waals surface area contributed by atoms with Crippen molar-refractivity contribution in [1.29, 1.82) is 0 Å². The zero-order valence-electron chi connectivity index (χ0n) is 23.5. The van der Waals surface area contributed by atoms with Crippen LogP contribution < -0.4 is 5.32 Å². The first-order valence-corrected chi connectivity index (χ1v) is 14.5. The number of aliphatic hydroxyl groups is 2. The van der Waals surface area contributed by atoms with Crippen LogP contribution in [0.5, 0.6) is 0 Å². The summed E-state index contributed by atoms with van der Waals surface area (Å²) < 4.78 is 12.9. The molecule has 222 valence electrons. The molecule has 0 saturated carbocycles. The maximum atomic E-state index is 12.1. The largest absolute Gasteiger partial charge is 0.481 e. The van der Waals surface area contributed by atoms with Crippen molar-refractivity contribution >= 4 is 11.9 Å². The number of amides is 1. The number of aliphatic carboxylic acids is 1. The summed E-state index contributed by atoms with van der Waals surface area (Å²) in [6.45, 7) is 2.50. The predicted molar refractivity (Wildman–Crippen MR) is 156 cm³/mol. The lowest BCUT2D eigenvalue weighted by molar-refractivity contribution is -0.252. The number of carbonyl (C=O) groups is 2. The van der Waals surface area contributed by atoms with E-state index in [1.807, 2.05) is 72.8 Å². The van der Waals surface area contributed by atoms with E-state index < -0.39 is 12.3 Å². The number of likely N-dealkylation sites (tertiary alicyclic amines) is 1. The van der Waals surface area contributed by atoms with Crippen molar-refractivity contribution in [3.05, 3.63) is 95.1 Å². The van der Waals surface area contributed by atoms with Gasteiger partial charge in [0.1, 0.15) is 0 Å². The molecule has 3 aromatic rings. The molecule has 2 fully saturated rings. The molecule has 9 nitrogen and oxygen atoms in total. The van der Waals surface area contributed by atoms with Crippen molar-refractivity contribution in [2.75, 3.05) is 19.6 Å². The molecule has 0 radical (unpaired) electrons. The topological polar surface area (TPSA) is 129 Å². The molecule has 9 heteroatoms. The fourth-order valence-electron chi connectivity index (χ4n) is 5.58. The molecule has 42 heavy (non-hydrogen) atoms. The normalized spacial score (nSPS) is 22.6. The van der Waals surface area contributed by atoms with Gasteiger partial charge in [-0.3, -0.25) is 14.5 Å². The summed E-state index contributed by atoms with van der Waals surface area (Å²) in [6, 6.07) is 23.6. The molecule has 2 aliphatic heterocycles. The summed E-state index contributed by atoms with van der Waals surface area (Å²) in [7, 11) is 0. The summed E-state index contributed by atoms with van der Waals surface area (Å²) in [5.74, 6) is -1.30. The summed E-state index contributed by atoms with van der Waals surface area (Å²) in [6.07, 6.45) is 0.0716. The SMILES string of the molecule is O=C(O)CCC(=O)NCc1ccccc1-c1ccc(C2OC(CN3CCC(O)C3)CC(c3ccc(CO)cc3)O2)cc1. The first-order valence-electron chi connectivity index (χ1n) is 14.5. The van der Waals surface area contributed by atoms with Crippen molar-refractivity contribution in [1.82, 2.24) is 10.2 Å². The summed E-state index contributed by atoms with van der Waals surface area (Å²) in [5, 5.41) is 31.1. The highest BCUT2D eigenvalue weighted by molar-refractivity contribution is 5.80. The molecule has 1 amide bonds. The van der Waals surface area contributed by atoms with E-state index in [-0.39, 0.29) is 43.7 Å². The molecule has 0 aromatic heterocycles. The maximum absolute atomic E-state index is 12.1. The quantitative estimate of drug-likeness (QED) is 0.271. The molecule has 5 rings (SSSR count). The van der Waals surface area contributed by atoms with Crippen LogP contribution in [0.2, 0.25) is 0 Å². The average Bonchev–Trinajstić information content (AvgIpc) is 3.43. The van der Waals surface area contributed by atoms with E-state index in [0.29, 0.717) is 26.1 Å². The minimum atomic E-state index is -0.997. The molecule has 0 spiro atoms. The van der Waals surface area contributed by atoms with E-state index in [9.17, 15) is 19.8 Å². The molecular formula is C33H38N2O7. The van der Waals surface area contributed by atoms with Gasteiger partial charge in [-0.05, 0) is 34.2 Å². The maximum Gasteiger partial charge on any atom is 0.303 e. The van der Waals surface area contributed by atoms with Crippen LogP contribution in [0.25, 0.3) is 11.1 Å². The Balaban J connectivity index is 1.31. The number of hydrogen-bond donors (Lipinski definition) is 4. The fraction of sp³-hybridized carbons (Fsp3) is 0.394. The standard InChI is InChI=1S/C33H38N2O7/c36-21-22-5-7-24(8-6-22)30-17-28(20-35-16-15-27(37)19-35)41-33(42-30)25-11-9-23(10-12-25)29-4-2-1-3-26(29)18-34-31(38)13-14-32(39)40/h1-12,27-28,30,33,36-37H,13-21H2,(H,34,38)(H,39,40). The minimum absolute atomic E-state index is 0.00990. The van der Waals surface area contributed by atoms with Gasteiger partial charge in [-0.1, -0.05) is 72.8 Å². The van der Waals surface area contributed by atoms with Crippen LogP contribution in [0.3, 0.4) is 0 Å². The number of carboxylic acids is 1. The number of carboxylic acid groups (broad SMARTS) is 1. The van der Waals surface area contributed by atoms with E-state index in [1.54, 1.807) is 0 Å². The van der Waals surface area contributed by atoms with Gasteiger partial charge in [0.15, 0.2) is 6.29 Å². The highest BCUT2D eigenvalue weighted by Gasteiger charge is 2.34. The van der Waals surface area contributed by atoms with Gasteiger partial charge in [-0.2, -0.15) is 0 Å². The van der Waals surface area contributed by atoms with E-state index in [0.717, 1.165) is 46.3 Å². The van der Waals surface area contributed by atoms with Crippen molar-refractivity contribution in [2.24, 2.45) is 0 Å². The Hall–Kier alpha value is -3.60. The summed E-state index contributed by atoms with van der Waals surface area (Å²) in [5.41, 5.74) is 5.65. The number of β-amino-alcohol motifs (C(OH)–C–C–N with tert-alkyl or cyclic N) is 1. The van der Waals surface area contributed by atoms with Crippen molar-refractivity contribution in [3.8, 4) is 11.1 Å². The van der Waals surface area contributed by atoms with Crippen LogP contribution >= 0.6 is 0 Å². The number of rotatable bonds is 11. The van der Waals surface area contributed by atoms with Crippen molar-refractivity contribution in [3.63, 3.8) is 0 Å². The Bertz CT molecular complexity index is 1350. The first-order chi connectivity index (χ1) is 20.4. The Labute approximate surface area is 245 Å². The highest BCUT2D eigenvalue weighted by atomic mass is 16.7. The second-order valence-corrected chi connectivity index (χ2v) is 11.0. The van der Waals surface area contributed by atoms with Crippen LogP contribution in [0.4, 0.5) is 0 Å². The summed E-state index contributed by atoms with van der Waals surface area (Å²) >= 11 is 0. The highest BCUT2D eigenvalue weighted by Crippen LogP contribution is 2.39. The molecule has 4 atom stereocenters. The van der Waals surface area contributed by atoms with E-state index in [2.05, 4.69) is 10.2 Å². The van der Waals surface area contributed by atoms with E-state index in [1.165, 1.54) is 0 Å². The van der Waals surface area contributed by atoms with Crippen LogP contribution in [-0.2, 0) is 32.2 Å². The van der Waals surface area contributed by atoms with Crippen molar-refractivity contribution in [2.45, 2.75) is 63.4 Å². The molecule has 2 heterocycles. The Morgan fingerprint density at radius 1 is 0.929 bits per heavy atom. The molecule has 0 bridgehead atoms. The van der Waals surface area contributed by atoms with Crippen LogP contribution in [0.15, 0.2) is 72.8 Å². The fourth-order valence-corrected chi connectivity index (χ4v) is 5.58. The van der Waals surface area contributed by atoms with Crippen LogP contribution in [0.1, 0.15) is 60.3 Å². The van der Waals surface area contributed by atoms with Crippen LogP contribution in [0, 0.1) is 0 Å². The predicted octanol–water partition coefficient (Wildman–Crippen LogP) is 3.94. The second kappa shape index (κ2) is 14.0. The number of hydrogen-bond acceptors (Lipinski definition) is 7. The molecule has 0 aliphatic carbocycles. The minimum Gasteiger partial charge on any atom is -0.481 e. The number of nitrogens with one attached hydrogen (secondary N) is 1. The van der Waals surface area contributed by atoms with Gasteiger partial charge in [0, 0.05) is 44.6 Å². The van der Waals surface area contributed by atoms with Crippen LogP contribution in [-0.4, -0.2) is 63.9 Å². The molecule has 2 aliphatic rings. The molecule has 3 aromatic carbocycles. The third kappa shape index (κ3) is 7.81.